The van der Waals surface area contributed by atoms with Gasteiger partial charge in [0.05, 0.1) is 25.8 Å². The number of carbonyl (C=O) groups excluding carboxylic acids is 3. The molecule has 2 saturated heterocycles. The van der Waals surface area contributed by atoms with E-state index in [1.807, 2.05) is 30.5 Å². The number of aromatic nitrogens is 1. The summed E-state index contributed by atoms with van der Waals surface area (Å²) in [6, 6.07) is 11.2. The number of fused-ring (bicyclic) bond motifs is 2. The van der Waals surface area contributed by atoms with Crippen molar-refractivity contribution < 1.29 is 23.5 Å². The lowest BCUT2D eigenvalue weighted by Gasteiger charge is -2.38. The summed E-state index contributed by atoms with van der Waals surface area (Å²) >= 11 is 0. The number of nitrogens with zero attached hydrogens (tertiary/aromatic N) is 5. The molecule has 3 amide bonds. The van der Waals surface area contributed by atoms with E-state index < -0.39 is 17.2 Å². The number of hydrogen-bond acceptors (Lipinski definition) is 9. The zero-order valence-corrected chi connectivity index (χ0v) is 23.6. The number of anilines is 1. The van der Waals surface area contributed by atoms with Crippen molar-refractivity contribution in [1.82, 2.24) is 20.1 Å². The van der Waals surface area contributed by atoms with Crippen LogP contribution in [0.5, 0.6) is 5.75 Å². The second-order valence-corrected chi connectivity index (χ2v) is 11.5. The van der Waals surface area contributed by atoms with E-state index in [2.05, 4.69) is 33.2 Å². The average Bonchev–Trinajstić information content (AvgIpc) is 3.77. The molecule has 42 heavy (non-hydrogen) atoms. The normalized spacial score (nSPS) is 22.7. The number of piperidine rings is 1. The minimum absolute atomic E-state index is 0.00184. The van der Waals surface area contributed by atoms with Gasteiger partial charge in [-0.15, -0.1) is 0 Å². The van der Waals surface area contributed by atoms with E-state index >= 15 is 0 Å². The highest BCUT2D eigenvalue weighted by Crippen LogP contribution is 2.39. The Bertz CT molecular complexity index is 1670. The van der Waals surface area contributed by atoms with Crippen molar-refractivity contribution in [1.29, 1.82) is 0 Å². The summed E-state index contributed by atoms with van der Waals surface area (Å²) < 4.78 is 11.5. The predicted octanol–water partition coefficient (Wildman–Crippen LogP) is 2.65. The fourth-order valence-electron chi connectivity index (χ4n) is 6.54. The van der Waals surface area contributed by atoms with E-state index in [0.29, 0.717) is 41.3 Å². The van der Waals surface area contributed by atoms with Crippen LogP contribution in [0.1, 0.15) is 40.9 Å². The van der Waals surface area contributed by atoms with Gasteiger partial charge >= 0.3 is 0 Å². The molecule has 0 saturated carbocycles. The van der Waals surface area contributed by atoms with Crippen LogP contribution in [0.4, 0.5) is 5.82 Å². The first-order valence-corrected chi connectivity index (χ1v) is 14.2. The van der Waals surface area contributed by atoms with Gasteiger partial charge < -0.3 is 23.9 Å². The molecule has 1 N–H and O–H groups in total. The van der Waals surface area contributed by atoms with Crippen LogP contribution >= 0.6 is 0 Å². The molecule has 0 spiro atoms. The van der Waals surface area contributed by atoms with Crippen LogP contribution in [0, 0.1) is 0 Å². The summed E-state index contributed by atoms with van der Waals surface area (Å²) in [6.07, 6.45) is 5.89. The van der Waals surface area contributed by atoms with Gasteiger partial charge in [-0.25, -0.2) is 4.98 Å². The quantitative estimate of drug-likeness (QED) is 0.432. The fourth-order valence-corrected chi connectivity index (χ4v) is 6.54. The Morgan fingerprint density at radius 1 is 1.14 bits per heavy atom. The SMILES string of the molecule is COc1ccc2c(c1)C(=O)N(C[C@@]1(c3cc4nc(N(C5=CCN=C5)C5CCN(C)CC5)ccc4o3)CC(=O)NC1=O)C2. The molecule has 11 nitrogen and oxygen atoms in total. The van der Waals surface area contributed by atoms with Gasteiger partial charge in [-0.2, -0.15) is 0 Å². The Balaban J connectivity index is 1.23. The first-order chi connectivity index (χ1) is 20.3. The monoisotopic (exact) mass is 568 g/mol. The maximum absolute atomic E-state index is 13.4. The Morgan fingerprint density at radius 3 is 2.69 bits per heavy atom. The second-order valence-electron chi connectivity index (χ2n) is 11.5. The third kappa shape index (κ3) is 4.35. The number of likely N-dealkylation sites (tertiary alicyclic amines) is 1. The van der Waals surface area contributed by atoms with E-state index in [4.69, 9.17) is 14.1 Å². The Morgan fingerprint density at radius 2 is 1.98 bits per heavy atom. The van der Waals surface area contributed by atoms with Crippen molar-refractivity contribution in [2.45, 2.75) is 37.3 Å². The molecular formula is C31H32N6O5. The van der Waals surface area contributed by atoms with Gasteiger partial charge in [-0.1, -0.05) is 6.07 Å². The molecule has 7 rings (SSSR count). The third-order valence-corrected chi connectivity index (χ3v) is 8.84. The number of nitrogens with one attached hydrogen (secondary N) is 1. The maximum Gasteiger partial charge on any atom is 0.254 e. The largest absolute Gasteiger partial charge is 0.497 e. The molecule has 2 aromatic heterocycles. The number of benzene rings is 1. The number of allylic oxidation sites excluding steroid dienone is 1. The molecule has 216 valence electrons. The molecule has 4 aliphatic rings. The highest BCUT2D eigenvalue weighted by Gasteiger charge is 2.53. The summed E-state index contributed by atoms with van der Waals surface area (Å²) in [5, 5.41) is 2.44. The summed E-state index contributed by atoms with van der Waals surface area (Å²) in [4.78, 5) is 55.0. The minimum atomic E-state index is -1.37. The first-order valence-electron chi connectivity index (χ1n) is 14.2. The van der Waals surface area contributed by atoms with Crippen molar-refractivity contribution in [3.8, 4) is 5.75 Å². The molecule has 1 atom stereocenters. The molecule has 6 heterocycles. The smallest absolute Gasteiger partial charge is 0.254 e. The predicted molar refractivity (Wildman–Crippen MR) is 156 cm³/mol. The number of aliphatic imine (C=N–C) groups is 1. The summed E-state index contributed by atoms with van der Waals surface area (Å²) in [6.45, 7) is 2.97. The van der Waals surface area contributed by atoms with E-state index in [-0.39, 0.29) is 24.9 Å². The molecule has 0 radical (unpaired) electrons. The number of imide groups is 1. The number of methoxy groups -OCH3 is 1. The zero-order valence-electron chi connectivity index (χ0n) is 23.6. The highest BCUT2D eigenvalue weighted by atomic mass is 16.5. The molecule has 2 fully saturated rings. The molecule has 3 aromatic rings. The van der Waals surface area contributed by atoms with Crippen LogP contribution in [0.25, 0.3) is 11.1 Å². The molecule has 0 unspecified atom stereocenters. The van der Waals surface area contributed by atoms with Crippen LogP contribution in [0.15, 0.2) is 57.6 Å². The summed E-state index contributed by atoms with van der Waals surface area (Å²) in [5.41, 5.74) is 2.13. The average molecular weight is 569 g/mol. The fraction of sp³-hybridized carbons (Fsp3) is 0.387. The molecule has 1 aromatic carbocycles. The lowest BCUT2D eigenvalue weighted by molar-refractivity contribution is -0.127. The van der Waals surface area contributed by atoms with Gasteiger partial charge in [-0.05, 0) is 68.9 Å². The molecule has 4 aliphatic heterocycles. The van der Waals surface area contributed by atoms with Crippen molar-refractivity contribution in [2.75, 3.05) is 45.2 Å². The maximum atomic E-state index is 13.4. The number of amides is 3. The van der Waals surface area contributed by atoms with Crippen LogP contribution in [-0.2, 0) is 21.5 Å². The lowest BCUT2D eigenvalue weighted by Crippen LogP contribution is -2.46. The van der Waals surface area contributed by atoms with Gasteiger partial charge in [0.1, 0.15) is 28.3 Å². The third-order valence-electron chi connectivity index (χ3n) is 8.84. The Hall–Kier alpha value is -4.51. The van der Waals surface area contributed by atoms with Crippen molar-refractivity contribution >= 4 is 40.9 Å². The van der Waals surface area contributed by atoms with Gasteiger partial charge in [0.15, 0.2) is 5.58 Å². The number of pyridine rings is 1. The van der Waals surface area contributed by atoms with Crippen molar-refractivity contribution in [3.05, 3.63) is 65.1 Å². The zero-order chi connectivity index (χ0) is 29.0. The second kappa shape index (κ2) is 10.1. The molecule has 0 bridgehead atoms. The number of carbonyl (C=O) groups is 3. The highest BCUT2D eigenvalue weighted by molar-refractivity contribution is 6.10. The van der Waals surface area contributed by atoms with Crippen LogP contribution in [0.2, 0.25) is 0 Å². The molecule has 11 heteroatoms. The molecule has 0 aliphatic carbocycles. The Labute approximate surface area is 242 Å². The van der Waals surface area contributed by atoms with Crippen LogP contribution in [0.3, 0.4) is 0 Å². The summed E-state index contributed by atoms with van der Waals surface area (Å²) in [7, 11) is 3.69. The molecular weight excluding hydrogens is 536 g/mol. The van der Waals surface area contributed by atoms with Gasteiger partial charge in [-0.3, -0.25) is 24.7 Å². The van der Waals surface area contributed by atoms with Crippen molar-refractivity contribution in [2.24, 2.45) is 4.99 Å². The summed E-state index contributed by atoms with van der Waals surface area (Å²) in [5.74, 6) is 0.588. The standard InChI is InChI=1S/C31H32N6O5/c1-35-11-8-20(9-12-35)37(21-7-10-32-16-21)27-6-5-25-24(33-27)14-26(42-25)31(15-28(38)34-30(31)40)18-36-17-19-3-4-22(41-2)13-23(19)29(36)39/h3-7,13-14,16,20H,8-12,15,17-18H2,1-2H3,(H,34,38,40)/t31-/m1/s1. The first kappa shape index (κ1) is 26.4. The van der Waals surface area contributed by atoms with E-state index in [1.165, 1.54) is 0 Å². The topological polar surface area (TPSA) is 121 Å². The Kier molecular flexibility index (Phi) is 6.34. The number of furan rings is 1. The van der Waals surface area contributed by atoms with Crippen molar-refractivity contribution in [3.63, 3.8) is 0 Å². The number of ether oxygens (including phenoxy) is 1. The van der Waals surface area contributed by atoms with Crippen LogP contribution in [-0.4, -0.2) is 85.1 Å². The van der Waals surface area contributed by atoms with E-state index in [1.54, 1.807) is 24.1 Å². The van der Waals surface area contributed by atoms with E-state index in [0.717, 1.165) is 43.0 Å². The lowest BCUT2D eigenvalue weighted by atomic mass is 9.82. The van der Waals surface area contributed by atoms with Gasteiger partial charge in [0, 0.05) is 37.0 Å². The number of hydrogen-bond donors (Lipinski definition) is 1. The van der Waals surface area contributed by atoms with Gasteiger partial charge in [0.2, 0.25) is 11.8 Å². The minimum Gasteiger partial charge on any atom is -0.497 e. The van der Waals surface area contributed by atoms with Gasteiger partial charge in [0.25, 0.3) is 5.91 Å². The number of rotatable bonds is 7. The van der Waals surface area contributed by atoms with E-state index in [9.17, 15) is 14.4 Å². The van der Waals surface area contributed by atoms with Crippen LogP contribution < -0.4 is 15.0 Å².